The molecule has 1 atom stereocenters. The Morgan fingerprint density at radius 1 is 1.44 bits per heavy atom. The van der Waals surface area contributed by atoms with Crippen molar-refractivity contribution in [3.05, 3.63) is 24.3 Å². The number of hydrogen-bond donors (Lipinski definition) is 2. The number of carbonyl (C=O) groups is 1. The Bertz CT molecular complexity index is 960. The zero-order valence-electron chi connectivity index (χ0n) is 16.2. The zero-order chi connectivity index (χ0) is 19.0. The van der Waals surface area contributed by atoms with E-state index in [1.165, 1.54) is 0 Å². The standard InChI is InChI=1S/C20H27N5O2/c1-20(2,3)19(26)22-9-7-16-24-15-11-23-18-14(6-8-21-18)17(15)25(16)13-5-4-10-27-12-13/h6,8,11,13H,4-5,7,9-10,12H2,1-3H3,(H,21,23)(H,22,26)/t13-/m0/s1. The van der Waals surface area contributed by atoms with Gasteiger partial charge in [0.25, 0.3) is 0 Å². The van der Waals surface area contributed by atoms with E-state index in [2.05, 4.69) is 25.9 Å². The van der Waals surface area contributed by atoms with Crippen LogP contribution < -0.4 is 5.32 Å². The van der Waals surface area contributed by atoms with E-state index < -0.39 is 5.41 Å². The maximum atomic E-state index is 12.2. The first-order valence-electron chi connectivity index (χ1n) is 9.64. The van der Waals surface area contributed by atoms with E-state index in [4.69, 9.17) is 9.72 Å². The second kappa shape index (κ2) is 6.96. The average Bonchev–Trinajstić information content (AvgIpc) is 3.25. The van der Waals surface area contributed by atoms with Gasteiger partial charge in [-0.1, -0.05) is 20.8 Å². The monoisotopic (exact) mass is 369 g/mol. The van der Waals surface area contributed by atoms with Crippen LogP contribution >= 0.6 is 0 Å². The summed E-state index contributed by atoms with van der Waals surface area (Å²) in [5.41, 5.74) is 2.48. The first-order valence-corrected chi connectivity index (χ1v) is 9.64. The van der Waals surface area contributed by atoms with Gasteiger partial charge >= 0.3 is 0 Å². The summed E-state index contributed by atoms with van der Waals surface area (Å²) in [6.45, 7) is 7.85. The molecule has 144 valence electrons. The Balaban J connectivity index is 1.69. The lowest BCUT2D eigenvalue weighted by Gasteiger charge is -2.26. The minimum atomic E-state index is -0.390. The van der Waals surface area contributed by atoms with Crippen LogP contribution in [0.4, 0.5) is 0 Å². The molecule has 7 heteroatoms. The molecule has 4 heterocycles. The number of imidazole rings is 1. The van der Waals surface area contributed by atoms with Crippen LogP contribution in [0, 0.1) is 5.41 Å². The van der Waals surface area contributed by atoms with Crippen LogP contribution in [0.25, 0.3) is 22.1 Å². The smallest absolute Gasteiger partial charge is 0.225 e. The van der Waals surface area contributed by atoms with Crippen molar-refractivity contribution in [3.8, 4) is 0 Å². The second-order valence-electron chi connectivity index (χ2n) is 8.26. The molecule has 0 saturated carbocycles. The summed E-state index contributed by atoms with van der Waals surface area (Å²) in [5, 5.41) is 4.11. The molecule has 0 aliphatic carbocycles. The fourth-order valence-corrected chi connectivity index (χ4v) is 3.69. The first kappa shape index (κ1) is 18.0. The number of nitrogens with zero attached hydrogens (tertiary/aromatic N) is 3. The zero-order valence-corrected chi connectivity index (χ0v) is 16.2. The van der Waals surface area contributed by atoms with E-state index in [9.17, 15) is 4.79 Å². The van der Waals surface area contributed by atoms with Gasteiger partial charge in [0.2, 0.25) is 5.91 Å². The van der Waals surface area contributed by atoms with Crippen molar-refractivity contribution in [1.82, 2.24) is 24.8 Å². The molecule has 2 N–H and O–H groups in total. The lowest BCUT2D eigenvalue weighted by atomic mass is 9.96. The highest BCUT2D eigenvalue weighted by Gasteiger charge is 2.24. The van der Waals surface area contributed by atoms with Crippen molar-refractivity contribution in [3.63, 3.8) is 0 Å². The Labute approximate surface area is 158 Å². The molecule has 7 nitrogen and oxygen atoms in total. The molecule has 27 heavy (non-hydrogen) atoms. The van der Waals surface area contributed by atoms with Gasteiger partial charge in [-0.3, -0.25) is 4.79 Å². The number of fused-ring (bicyclic) bond motifs is 3. The maximum Gasteiger partial charge on any atom is 0.225 e. The Hall–Kier alpha value is -2.41. The summed E-state index contributed by atoms with van der Waals surface area (Å²) in [6.07, 6.45) is 6.53. The van der Waals surface area contributed by atoms with Crippen molar-refractivity contribution >= 4 is 28.0 Å². The van der Waals surface area contributed by atoms with Crippen LogP contribution in [0.1, 0.15) is 45.5 Å². The number of aromatic nitrogens is 4. The number of hydrogen-bond acceptors (Lipinski definition) is 4. The SMILES string of the molecule is CC(C)(C)C(=O)NCCc1nc2cnc3[nH]ccc3c2n1[C@H]1CCCOC1. The maximum absolute atomic E-state index is 12.2. The minimum Gasteiger partial charge on any atom is -0.379 e. The lowest BCUT2D eigenvalue weighted by Crippen LogP contribution is -2.36. The largest absolute Gasteiger partial charge is 0.379 e. The molecule has 0 aromatic carbocycles. The van der Waals surface area contributed by atoms with Crippen LogP contribution in [0.3, 0.4) is 0 Å². The number of amides is 1. The Morgan fingerprint density at radius 3 is 3.04 bits per heavy atom. The fourth-order valence-electron chi connectivity index (χ4n) is 3.69. The number of pyridine rings is 1. The van der Waals surface area contributed by atoms with Gasteiger partial charge in [-0.15, -0.1) is 0 Å². The van der Waals surface area contributed by atoms with E-state index in [-0.39, 0.29) is 11.9 Å². The third-order valence-electron chi connectivity index (χ3n) is 5.12. The van der Waals surface area contributed by atoms with Crippen LogP contribution in [0.5, 0.6) is 0 Å². The Morgan fingerprint density at radius 2 is 2.30 bits per heavy atom. The number of nitrogens with one attached hydrogen (secondary N) is 2. The van der Waals surface area contributed by atoms with Gasteiger partial charge < -0.3 is 19.6 Å². The van der Waals surface area contributed by atoms with Crippen molar-refractivity contribution < 1.29 is 9.53 Å². The number of rotatable bonds is 4. The van der Waals surface area contributed by atoms with E-state index in [0.717, 1.165) is 47.3 Å². The highest BCUT2D eigenvalue weighted by atomic mass is 16.5. The topological polar surface area (TPSA) is 84.8 Å². The van der Waals surface area contributed by atoms with Gasteiger partial charge in [-0.25, -0.2) is 9.97 Å². The molecular formula is C20H27N5O2. The summed E-state index contributed by atoms with van der Waals surface area (Å²) >= 11 is 0. The molecule has 0 unspecified atom stereocenters. The van der Waals surface area contributed by atoms with E-state index in [1.807, 2.05) is 33.2 Å². The Kier molecular flexibility index (Phi) is 4.63. The predicted octanol–water partition coefficient (Wildman–Crippen LogP) is 2.97. The number of H-pyrrole nitrogens is 1. The van der Waals surface area contributed by atoms with Crippen molar-refractivity contribution in [2.75, 3.05) is 19.8 Å². The molecule has 4 rings (SSSR count). The van der Waals surface area contributed by atoms with Crippen LogP contribution in [-0.2, 0) is 16.0 Å². The summed E-state index contributed by atoms with van der Waals surface area (Å²) in [5.74, 6) is 1.03. The van der Waals surface area contributed by atoms with E-state index >= 15 is 0 Å². The molecule has 1 fully saturated rings. The molecule has 1 amide bonds. The van der Waals surface area contributed by atoms with Crippen molar-refractivity contribution in [1.29, 1.82) is 0 Å². The summed E-state index contributed by atoms with van der Waals surface area (Å²) in [7, 11) is 0. The molecule has 1 aliphatic rings. The summed E-state index contributed by atoms with van der Waals surface area (Å²) in [6, 6.07) is 2.31. The number of ether oxygens (including phenoxy) is 1. The van der Waals surface area contributed by atoms with Crippen LogP contribution in [-0.4, -0.2) is 45.2 Å². The normalized spacial score (nSPS) is 18.3. The quantitative estimate of drug-likeness (QED) is 0.740. The molecule has 3 aromatic rings. The third-order valence-corrected chi connectivity index (χ3v) is 5.12. The van der Waals surface area contributed by atoms with E-state index in [1.54, 1.807) is 0 Å². The number of aromatic amines is 1. The number of carbonyl (C=O) groups excluding carboxylic acids is 1. The van der Waals surface area contributed by atoms with Gasteiger partial charge in [0.15, 0.2) is 0 Å². The molecular weight excluding hydrogens is 342 g/mol. The average molecular weight is 369 g/mol. The molecule has 0 spiro atoms. The minimum absolute atomic E-state index is 0.0563. The summed E-state index contributed by atoms with van der Waals surface area (Å²) in [4.78, 5) is 24.7. The second-order valence-corrected chi connectivity index (χ2v) is 8.26. The highest BCUT2D eigenvalue weighted by Crippen LogP contribution is 2.31. The predicted molar refractivity (Wildman–Crippen MR) is 105 cm³/mol. The van der Waals surface area contributed by atoms with Gasteiger partial charge in [0.05, 0.1) is 24.4 Å². The van der Waals surface area contributed by atoms with Gasteiger partial charge in [-0.05, 0) is 18.9 Å². The fraction of sp³-hybridized carbons (Fsp3) is 0.550. The van der Waals surface area contributed by atoms with Gasteiger partial charge in [0.1, 0.15) is 17.0 Å². The highest BCUT2D eigenvalue weighted by molar-refractivity contribution is 6.01. The van der Waals surface area contributed by atoms with E-state index in [0.29, 0.717) is 19.6 Å². The van der Waals surface area contributed by atoms with Crippen LogP contribution in [0.2, 0.25) is 0 Å². The molecule has 3 aromatic heterocycles. The summed E-state index contributed by atoms with van der Waals surface area (Å²) < 4.78 is 8.06. The molecule has 0 radical (unpaired) electrons. The third kappa shape index (κ3) is 3.43. The van der Waals surface area contributed by atoms with Crippen molar-refractivity contribution in [2.45, 2.75) is 46.1 Å². The molecule has 1 aliphatic heterocycles. The molecule has 0 bridgehead atoms. The van der Waals surface area contributed by atoms with Gasteiger partial charge in [0, 0.05) is 36.6 Å². The first-order chi connectivity index (χ1) is 12.9. The van der Waals surface area contributed by atoms with Crippen LogP contribution in [0.15, 0.2) is 18.5 Å². The lowest BCUT2D eigenvalue weighted by molar-refractivity contribution is -0.128. The van der Waals surface area contributed by atoms with Gasteiger partial charge in [-0.2, -0.15) is 0 Å². The van der Waals surface area contributed by atoms with Crippen molar-refractivity contribution in [2.24, 2.45) is 5.41 Å². The molecule has 1 saturated heterocycles.